The van der Waals surface area contributed by atoms with E-state index in [9.17, 15) is 14.4 Å². The number of nitrogens with one attached hydrogen (secondary N) is 1. The van der Waals surface area contributed by atoms with Gasteiger partial charge in [-0.25, -0.2) is 4.79 Å². The van der Waals surface area contributed by atoms with Crippen molar-refractivity contribution in [3.05, 3.63) is 28.8 Å². The molecule has 27 heavy (non-hydrogen) atoms. The van der Waals surface area contributed by atoms with Gasteiger partial charge in [-0.15, -0.1) is 0 Å². The van der Waals surface area contributed by atoms with Crippen molar-refractivity contribution in [2.45, 2.75) is 39.7 Å². The van der Waals surface area contributed by atoms with Crippen LogP contribution in [0.3, 0.4) is 0 Å². The number of urea groups is 1. The topological polar surface area (TPSA) is 90.0 Å². The SMILES string of the molecule is CCN(C(=O)c1cc(NC(=O)N2CCC(C(=O)O)CC2)ccc1Cl)C(C)C. The molecule has 1 aliphatic heterocycles. The first-order valence-corrected chi connectivity index (χ1v) is 9.51. The molecule has 0 spiro atoms. The third kappa shape index (κ3) is 5.13. The van der Waals surface area contributed by atoms with E-state index in [-0.39, 0.29) is 18.0 Å². The molecule has 1 fully saturated rings. The molecule has 0 aromatic heterocycles. The number of hydrogen-bond acceptors (Lipinski definition) is 3. The maximum absolute atomic E-state index is 12.7. The summed E-state index contributed by atoms with van der Waals surface area (Å²) in [6.07, 6.45) is 0.875. The average Bonchev–Trinajstić information content (AvgIpc) is 2.63. The molecule has 3 amide bonds. The Bertz CT molecular complexity index is 715. The highest BCUT2D eigenvalue weighted by Gasteiger charge is 2.27. The number of rotatable bonds is 5. The first-order valence-electron chi connectivity index (χ1n) is 9.13. The van der Waals surface area contributed by atoms with Crippen LogP contribution < -0.4 is 5.32 Å². The highest BCUT2D eigenvalue weighted by atomic mass is 35.5. The number of carbonyl (C=O) groups excluding carboxylic acids is 2. The number of amides is 3. The Hall–Kier alpha value is -2.28. The zero-order valence-corrected chi connectivity index (χ0v) is 16.6. The van der Waals surface area contributed by atoms with Gasteiger partial charge >= 0.3 is 12.0 Å². The van der Waals surface area contributed by atoms with Gasteiger partial charge in [-0.05, 0) is 51.8 Å². The summed E-state index contributed by atoms with van der Waals surface area (Å²) in [5.74, 6) is -1.40. The highest BCUT2D eigenvalue weighted by molar-refractivity contribution is 6.34. The van der Waals surface area contributed by atoms with Gasteiger partial charge in [-0.2, -0.15) is 0 Å². The van der Waals surface area contributed by atoms with Crippen LogP contribution in [0.2, 0.25) is 5.02 Å². The van der Waals surface area contributed by atoms with Crippen LogP contribution >= 0.6 is 11.6 Å². The monoisotopic (exact) mass is 395 g/mol. The number of nitrogens with zero attached hydrogens (tertiary/aromatic N) is 2. The van der Waals surface area contributed by atoms with Crippen LogP contribution in [0.25, 0.3) is 0 Å². The van der Waals surface area contributed by atoms with Crippen molar-refractivity contribution in [1.82, 2.24) is 9.80 Å². The lowest BCUT2D eigenvalue weighted by Crippen LogP contribution is -2.42. The average molecular weight is 396 g/mol. The molecule has 0 radical (unpaired) electrons. The summed E-state index contributed by atoms with van der Waals surface area (Å²) in [6, 6.07) is 4.54. The minimum atomic E-state index is -0.818. The number of anilines is 1. The molecule has 0 bridgehead atoms. The molecule has 1 saturated heterocycles. The Morgan fingerprint density at radius 3 is 2.44 bits per heavy atom. The van der Waals surface area contributed by atoms with Gasteiger partial charge in [0.15, 0.2) is 0 Å². The van der Waals surface area contributed by atoms with Gasteiger partial charge in [-0.1, -0.05) is 11.6 Å². The second-order valence-corrected chi connectivity index (χ2v) is 7.32. The molecule has 1 aliphatic rings. The van der Waals surface area contributed by atoms with Crippen LogP contribution in [0.5, 0.6) is 0 Å². The normalized spacial score (nSPS) is 14.9. The lowest BCUT2D eigenvalue weighted by Gasteiger charge is -2.30. The molecule has 2 rings (SSSR count). The second-order valence-electron chi connectivity index (χ2n) is 6.91. The predicted octanol–water partition coefficient (Wildman–Crippen LogP) is 3.54. The van der Waals surface area contributed by atoms with Crippen LogP contribution in [0.4, 0.5) is 10.5 Å². The summed E-state index contributed by atoms with van der Waals surface area (Å²) in [5.41, 5.74) is 0.822. The molecule has 0 saturated carbocycles. The van der Waals surface area contributed by atoms with Crippen molar-refractivity contribution in [2.24, 2.45) is 5.92 Å². The van der Waals surface area contributed by atoms with Gasteiger partial charge in [-0.3, -0.25) is 9.59 Å². The Kier molecular flexibility index (Phi) is 7.07. The fraction of sp³-hybridized carbons (Fsp3) is 0.526. The van der Waals surface area contributed by atoms with Gasteiger partial charge in [0, 0.05) is 31.4 Å². The molecular weight excluding hydrogens is 370 g/mol. The fourth-order valence-electron chi connectivity index (χ4n) is 3.20. The summed E-state index contributed by atoms with van der Waals surface area (Å²) < 4.78 is 0. The van der Waals surface area contributed by atoms with Crippen LogP contribution in [0.1, 0.15) is 44.0 Å². The Morgan fingerprint density at radius 1 is 1.30 bits per heavy atom. The Balaban J connectivity index is 2.08. The zero-order valence-electron chi connectivity index (χ0n) is 15.9. The number of benzene rings is 1. The summed E-state index contributed by atoms with van der Waals surface area (Å²) in [7, 11) is 0. The summed E-state index contributed by atoms with van der Waals surface area (Å²) in [6.45, 7) is 7.10. The van der Waals surface area contributed by atoms with Crippen molar-refractivity contribution < 1.29 is 19.5 Å². The highest BCUT2D eigenvalue weighted by Crippen LogP contribution is 2.24. The molecular formula is C19H26ClN3O4. The first-order chi connectivity index (χ1) is 12.7. The van der Waals surface area contributed by atoms with Crippen LogP contribution in [-0.2, 0) is 4.79 Å². The number of carboxylic acid groups (broad SMARTS) is 1. The zero-order chi connectivity index (χ0) is 20.1. The molecule has 1 aromatic rings. The summed E-state index contributed by atoms with van der Waals surface area (Å²) in [5, 5.41) is 12.2. The van der Waals surface area contributed by atoms with E-state index in [1.54, 1.807) is 28.0 Å². The van der Waals surface area contributed by atoms with Gasteiger partial charge in [0.05, 0.1) is 16.5 Å². The number of halogens is 1. The third-order valence-electron chi connectivity index (χ3n) is 4.80. The van der Waals surface area contributed by atoms with Gasteiger partial charge < -0.3 is 20.2 Å². The number of likely N-dealkylation sites (tertiary alicyclic amines) is 1. The summed E-state index contributed by atoms with van der Waals surface area (Å²) in [4.78, 5) is 39.5. The smallest absolute Gasteiger partial charge is 0.321 e. The molecule has 148 valence electrons. The van der Waals surface area contributed by atoms with E-state index >= 15 is 0 Å². The largest absolute Gasteiger partial charge is 0.481 e. The predicted molar refractivity (Wildman–Crippen MR) is 104 cm³/mol. The van der Waals surface area contributed by atoms with Crippen LogP contribution in [0, 0.1) is 5.92 Å². The molecule has 2 N–H and O–H groups in total. The van der Waals surface area contributed by atoms with Crippen LogP contribution in [-0.4, -0.2) is 58.5 Å². The van der Waals surface area contributed by atoms with E-state index in [1.165, 1.54) is 0 Å². The Morgan fingerprint density at radius 2 is 1.93 bits per heavy atom. The Labute approximate surface area is 164 Å². The number of carboxylic acids is 1. The lowest BCUT2D eigenvalue weighted by atomic mass is 9.97. The number of piperidine rings is 1. The molecule has 0 aliphatic carbocycles. The van der Waals surface area contributed by atoms with E-state index < -0.39 is 11.9 Å². The second kappa shape index (κ2) is 9.08. The van der Waals surface area contributed by atoms with Crippen molar-refractivity contribution >= 4 is 35.2 Å². The molecule has 8 heteroatoms. The van der Waals surface area contributed by atoms with Crippen molar-refractivity contribution in [1.29, 1.82) is 0 Å². The van der Waals surface area contributed by atoms with Gasteiger partial charge in [0.25, 0.3) is 5.91 Å². The number of hydrogen-bond donors (Lipinski definition) is 2. The van der Waals surface area contributed by atoms with E-state index in [2.05, 4.69) is 5.32 Å². The third-order valence-corrected chi connectivity index (χ3v) is 5.13. The molecule has 0 atom stereocenters. The maximum Gasteiger partial charge on any atom is 0.321 e. The quantitative estimate of drug-likeness (QED) is 0.797. The van der Waals surface area contributed by atoms with Crippen molar-refractivity contribution in [2.75, 3.05) is 25.0 Å². The number of aliphatic carboxylic acids is 1. The van der Waals surface area contributed by atoms with Crippen molar-refractivity contribution in [3.63, 3.8) is 0 Å². The molecule has 1 heterocycles. The number of carbonyl (C=O) groups is 3. The molecule has 1 aromatic carbocycles. The van der Waals surface area contributed by atoms with E-state index in [0.717, 1.165) is 0 Å². The van der Waals surface area contributed by atoms with E-state index in [4.69, 9.17) is 16.7 Å². The minimum Gasteiger partial charge on any atom is -0.481 e. The standard InChI is InChI=1S/C19H26ClN3O4/c1-4-23(12(2)3)17(24)15-11-14(5-6-16(15)20)21-19(27)22-9-7-13(8-10-22)18(25)26/h5-6,11-13H,4,7-10H2,1-3H3,(H,21,27)(H,25,26). The minimum absolute atomic E-state index is 0.0346. The van der Waals surface area contributed by atoms with E-state index in [1.807, 2.05) is 20.8 Å². The lowest BCUT2D eigenvalue weighted by molar-refractivity contribution is -0.143. The molecule has 7 nitrogen and oxygen atoms in total. The first kappa shape index (κ1) is 21.0. The maximum atomic E-state index is 12.7. The van der Waals surface area contributed by atoms with Crippen molar-refractivity contribution in [3.8, 4) is 0 Å². The van der Waals surface area contributed by atoms with Gasteiger partial charge in [0.2, 0.25) is 0 Å². The summed E-state index contributed by atoms with van der Waals surface area (Å²) >= 11 is 6.20. The fourth-order valence-corrected chi connectivity index (χ4v) is 3.40. The molecule has 0 unspecified atom stereocenters. The van der Waals surface area contributed by atoms with E-state index in [0.29, 0.717) is 48.7 Å². The van der Waals surface area contributed by atoms with Crippen LogP contribution in [0.15, 0.2) is 18.2 Å². The van der Waals surface area contributed by atoms with Gasteiger partial charge in [0.1, 0.15) is 0 Å².